The van der Waals surface area contributed by atoms with E-state index in [1.165, 1.54) is 12.8 Å². The van der Waals surface area contributed by atoms with Crippen molar-refractivity contribution < 1.29 is 5.11 Å². The number of aliphatic hydroxyl groups is 1. The Morgan fingerprint density at radius 3 is 2.43 bits per heavy atom. The number of aliphatic hydroxyl groups excluding tert-OH is 1. The summed E-state index contributed by atoms with van der Waals surface area (Å²) in [5, 5.41) is 12.4. The van der Waals surface area contributed by atoms with Crippen LogP contribution in [0.4, 0.5) is 0 Å². The van der Waals surface area contributed by atoms with Gasteiger partial charge in [0.15, 0.2) is 0 Å². The van der Waals surface area contributed by atoms with Crippen LogP contribution in [-0.2, 0) is 0 Å². The molecular weight excluding hydrogens is 176 g/mol. The Balaban J connectivity index is 4.07. The molecule has 86 valence electrons. The highest BCUT2D eigenvalue weighted by molar-refractivity contribution is 4.85. The molecule has 0 aliphatic rings. The van der Waals surface area contributed by atoms with Crippen LogP contribution in [0.2, 0.25) is 0 Å². The van der Waals surface area contributed by atoms with Crippen molar-refractivity contribution in [1.82, 2.24) is 10.2 Å². The van der Waals surface area contributed by atoms with Crippen molar-refractivity contribution in [2.45, 2.75) is 45.2 Å². The molecule has 0 heterocycles. The molecule has 0 saturated carbocycles. The summed E-state index contributed by atoms with van der Waals surface area (Å²) in [5.41, 5.74) is -0.184. The standard InChI is InChI=1S/C11H26N2O/c1-6-7-10(2)13(5)8-11(3,9-14)12-4/h10,12,14H,6-9H2,1-5H3. The predicted octanol–water partition coefficient (Wildman–Crippen LogP) is 1.08. The molecule has 14 heavy (non-hydrogen) atoms. The molecule has 2 atom stereocenters. The molecule has 0 aliphatic carbocycles. The normalized spacial score (nSPS) is 18.2. The van der Waals surface area contributed by atoms with E-state index in [1.807, 2.05) is 14.0 Å². The van der Waals surface area contributed by atoms with E-state index >= 15 is 0 Å². The molecule has 0 bridgehead atoms. The third kappa shape index (κ3) is 4.40. The monoisotopic (exact) mass is 202 g/mol. The van der Waals surface area contributed by atoms with Crippen LogP contribution >= 0.6 is 0 Å². The Hall–Kier alpha value is -0.120. The van der Waals surface area contributed by atoms with Gasteiger partial charge in [0.1, 0.15) is 0 Å². The zero-order valence-electron chi connectivity index (χ0n) is 10.3. The summed E-state index contributed by atoms with van der Waals surface area (Å²) >= 11 is 0. The number of hydrogen-bond acceptors (Lipinski definition) is 3. The fraction of sp³-hybridized carbons (Fsp3) is 1.00. The van der Waals surface area contributed by atoms with Gasteiger partial charge in [0, 0.05) is 12.6 Å². The summed E-state index contributed by atoms with van der Waals surface area (Å²) in [5.74, 6) is 0. The highest BCUT2D eigenvalue weighted by Gasteiger charge is 2.24. The van der Waals surface area contributed by atoms with E-state index < -0.39 is 0 Å². The summed E-state index contributed by atoms with van der Waals surface area (Å²) in [4.78, 5) is 2.30. The van der Waals surface area contributed by atoms with E-state index in [2.05, 4.69) is 31.1 Å². The highest BCUT2D eigenvalue weighted by atomic mass is 16.3. The van der Waals surface area contributed by atoms with Gasteiger partial charge in [-0.1, -0.05) is 13.3 Å². The van der Waals surface area contributed by atoms with E-state index in [1.54, 1.807) is 0 Å². The quantitative estimate of drug-likeness (QED) is 0.648. The Kier molecular flexibility index (Phi) is 6.33. The molecule has 0 aromatic heterocycles. The van der Waals surface area contributed by atoms with Gasteiger partial charge in [-0.3, -0.25) is 0 Å². The molecule has 0 aromatic rings. The van der Waals surface area contributed by atoms with Crippen molar-refractivity contribution in [3.63, 3.8) is 0 Å². The first-order valence-corrected chi connectivity index (χ1v) is 5.49. The van der Waals surface area contributed by atoms with E-state index in [-0.39, 0.29) is 12.1 Å². The van der Waals surface area contributed by atoms with Crippen molar-refractivity contribution in [1.29, 1.82) is 0 Å². The first kappa shape index (κ1) is 13.9. The van der Waals surface area contributed by atoms with Gasteiger partial charge < -0.3 is 15.3 Å². The van der Waals surface area contributed by atoms with Crippen LogP contribution in [0.15, 0.2) is 0 Å². The Morgan fingerprint density at radius 1 is 1.50 bits per heavy atom. The number of likely N-dealkylation sites (N-methyl/N-ethyl adjacent to an activating group) is 2. The summed E-state index contributed by atoms with van der Waals surface area (Å²) < 4.78 is 0. The third-order valence-corrected chi connectivity index (χ3v) is 3.01. The lowest BCUT2D eigenvalue weighted by molar-refractivity contribution is 0.118. The molecule has 2 unspecified atom stereocenters. The second kappa shape index (κ2) is 6.38. The van der Waals surface area contributed by atoms with Crippen LogP contribution in [0.5, 0.6) is 0 Å². The van der Waals surface area contributed by atoms with E-state index in [0.717, 1.165) is 6.54 Å². The van der Waals surface area contributed by atoms with E-state index in [0.29, 0.717) is 6.04 Å². The van der Waals surface area contributed by atoms with E-state index in [9.17, 15) is 5.11 Å². The fourth-order valence-electron chi connectivity index (χ4n) is 1.55. The smallest absolute Gasteiger partial charge is 0.0623 e. The van der Waals surface area contributed by atoms with Gasteiger partial charge in [0.25, 0.3) is 0 Å². The lowest BCUT2D eigenvalue weighted by atomic mass is 10.0. The number of nitrogens with one attached hydrogen (secondary N) is 1. The van der Waals surface area contributed by atoms with Crippen molar-refractivity contribution >= 4 is 0 Å². The van der Waals surface area contributed by atoms with Crippen LogP contribution in [0, 0.1) is 0 Å². The maximum atomic E-state index is 9.26. The van der Waals surface area contributed by atoms with Crippen molar-refractivity contribution in [3.8, 4) is 0 Å². The van der Waals surface area contributed by atoms with Gasteiger partial charge in [-0.2, -0.15) is 0 Å². The average Bonchev–Trinajstić information content (AvgIpc) is 2.18. The molecule has 0 aliphatic heterocycles. The fourth-order valence-corrected chi connectivity index (χ4v) is 1.55. The first-order valence-electron chi connectivity index (χ1n) is 5.49. The first-order chi connectivity index (χ1) is 6.49. The number of rotatable bonds is 7. The topological polar surface area (TPSA) is 35.5 Å². The van der Waals surface area contributed by atoms with Gasteiger partial charge in [0.2, 0.25) is 0 Å². The maximum Gasteiger partial charge on any atom is 0.0623 e. The average molecular weight is 202 g/mol. The minimum absolute atomic E-state index is 0.173. The van der Waals surface area contributed by atoms with Gasteiger partial charge in [-0.05, 0) is 34.4 Å². The molecule has 3 nitrogen and oxygen atoms in total. The Labute approximate surface area is 88.5 Å². The van der Waals surface area contributed by atoms with Crippen LogP contribution in [0.1, 0.15) is 33.6 Å². The minimum atomic E-state index is -0.184. The molecule has 0 radical (unpaired) electrons. The number of hydrogen-bond donors (Lipinski definition) is 2. The zero-order chi connectivity index (χ0) is 11.2. The van der Waals surface area contributed by atoms with Gasteiger partial charge in [-0.15, -0.1) is 0 Å². The minimum Gasteiger partial charge on any atom is -0.394 e. The lowest BCUT2D eigenvalue weighted by Gasteiger charge is -2.35. The van der Waals surface area contributed by atoms with Crippen LogP contribution in [0.3, 0.4) is 0 Å². The summed E-state index contributed by atoms with van der Waals surface area (Å²) in [6.45, 7) is 7.53. The molecule has 0 spiro atoms. The largest absolute Gasteiger partial charge is 0.394 e. The SMILES string of the molecule is CCCC(C)N(C)CC(C)(CO)NC. The van der Waals surface area contributed by atoms with Gasteiger partial charge in [0.05, 0.1) is 12.1 Å². The van der Waals surface area contributed by atoms with Crippen molar-refractivity contribution in [3.05, 3.63) is 0 Å². The van der Waals surface area contributed by atoms with Crippen LogP contribution in [0.25, 0.3) is 0 Å². The summed E-state index contributed by atoms with van der Waals surface area (Å²) in [7, 11) is 4.01. The lowest BCUT2D eigenvalue weighted by Crippen LogP contribution is -2.53. The highest BCUT2D eigenvalue weighted by Crippen LogP contribution is 2.09. The molecule has 0 saturated heterocycles. The van der Waals surface area contributed by atoms with Gasteiger partial charge in [-0.25, -0.2) is 0 Å². The van der Waals surface area contributed by atoms with Crippen molar-refractivity contribution in [2.75, 3.05) is 27.2 Å². The molecule has 0 fully saturated rings. The van der Waals surface area contributed by atoms with Crippen LogP contribution < -0.4 is 5.32 Å². The molecule has 3 heteroatoms. The Morgan fingerprint density at radius 2 is 2.07 bits per heavy atom. The molecule has 0 aromatic carbocycles. The molecule has 2 N–H and O–H groups in total. The van der Waals surface area contributed by atoms with Crippen LogP contribution in [-0.4, -0.2) is 48.8 Å². The maximum absolute atomic E-state index is 9.26. The second-order valence-electron chi connectivity index (χ2n) is 4.52. The molecular formula is C11H26N2O. The van der Waals surface area contributed by atoms with E-state index in [4.69, 9.17) is 0 Å². The van der Waals surface area contributed by atoms with Gasteiger partial charge >= 0.3 is 0 Å². The Bertz CT molecular complexity index is 146. The summed E-state index contributed by atoms with van der Waals surface area (Å²) in [6.07, 6.45) is 2.42. The third-order valence-electron chi connectivity index (χ3n) is 3.01. The molecule has 0 amide bonds. The second-order valence-corrected chi connectivity index (χ2v) is 4.52. The predicted molar refractivity (Wildman–Crippen MR) is 61.6 cm³/mol. The number of nitrogens with zero attached hydrogens (tertiary/aromatic N) is 1. The zero-order valence-corrected chi connectivity index (χ0v) is 10.3. The summed E-state index contributed by atoms with van der Waals surface area (Å²) in [6, 6.07) is 0.583. The molecule has 0 rings (SSSR count). The van der Waals surface area contributed by atoms with Crippen molar-refractivity contribution in [2.24, 2.45) is 0 Å².